The predicted molar refractivity (Wildman–Crippen MR) is 64.0 cm³/mol. The van der Waals surface area contributed by atoms with Gasteiger partial charge in [0.15, 0.2) is 0 Å². The monoisotopic (exact) mass is 286 g/mol. The van der Waals surface area contributed by atoms with Crippen LogP contribution in [0.1, 0.15) is 12.8 Å². The molecule has 0 spiro atoms. The molecule has 1 aliphatic rings. The van der Waals surface area contributed by atoms with Crippen molar-refractivity contribution in [3.05, 3.63) is 16.9 Å². The minimum absolute atomic E-state index is 0.0179. The molecule has 1 amide bonds. The summed E-state index contributed by atoms with van der Waals surface area (Å²) >= 11 is 3.30. The normalized spacial score (nSPS) is 20.7. The lowest BCUT2D eigenvalue weighted by molar-refractivity contribution is -0.122. The van der Waals surface area contributed by atoms with Crippen LogP contribution in [0, 0.1) is 0 Å². The number of amides is 1. The van der Waals surface area contributed by atoms with Gasteiger partial charge >= 0.3 is 0 Å². The number of aromatic nitrogens is 2. The third-order valence-electron chi connectivity index (χ3n) is 2.57. The summed E-state index contributed by atoms with van der Waals surface area (Å²) in [4.78, 5) is 11.7. The second kappa shape index (κ2) is 5.45. The third kappa shape index (κ3) is 3.31. The van der Waals surface area contributed by atoms with Crippen molar-refractivity contribution < 1.29 is 4.79 Å². The van der Waals surface area contributed by atoms with Crippen molar-refractivity contribution >= 4 is 21.8 Å². The lowest BCUT2D eigenvalue weighted by Crippen LogP contribution is -2.46. The van der Waals surface area contributed by atoms with Gasteiger partial charge in [-0.25, -0.2) is 0 Å². The second-order valence-corrected chi connectivity index (χ2v) is 4.88. The lowest BCUT2D eigenvalue weighted by Gasteiger charge is -2.23. The maximum absolute atomic E-state index is 11.7. The first kappa shape index (κ1) is 11.6. The van der Waals surface area contributed by atoms with Gasteiger partial charge in [0.05, 0.1) is 10.7 Å². The fourth-order valence-electron chi connectivity index (χ4n) is 1.82. The maximum atomic E-state index is 11.7. The SMILES string of the molecule is O=C(Cn1cc(Br)cn1)N[C@H]1CCCNC1. The molecule has 2 N–H and O–H groups in total. The molecule has 0 saturated carbocycles. The molecule has 0 aliphatic carbocycles. The molecule has 1 atom stereocenters. The van der Waals surface area contributed by atoms with Gasteiger partial charge in [-0.2, -0.15) is 5.10 Å². The molecule has 0 radical (unpaired) electrons. The van der Waals surface area contributed by atoms with E-state index in [9.17, 15) is 4.79 Å². The Kier molecular flexibility index (Phi) is 3.95. The number of nitrogens with zero attached hydrogens (tertiary/aromatic N) is 2. The van der Waals surface area contributed by atoms with Crippen molar-refractivity contribution in [2.24, 2.45) is 0 Å². The van der Waals surface area contributed by atoms with Gasteiger partial charge in [0.2, 0.25) is 5.91 Å². The van der Waals surface area contributed by atoms with E-state index in [1.54, 1.807) is 17.1 Å². The zero-order valence-corrected chi connectivity index (χ0v) is 10.5. The van der Waals surface area contributed by atoms with Gasteiger partial charge < -0.3 is 10.6 Å². The number of hydrogen-bond acceptors (Lipinski definition) is 3. The Balaban J connectivity index is 1.79. The molecule has 0 unspecified atom stereocenters. The Morgan fingerprint density at radius 1 is 1.75 bits per heavy atom. The molecule has 1 aromatic rings. The first-order valence-corrected chi connectivity index (χ1v) is 6.21. The Labute approximate surface area is 103 Å². The number of carbonyl (C=O) groups excluding carboxylic acids is 1. The first-order chi connectivity index (χ1) is 7.74. The highest BCUT2D eigenvalue weighted by Crippen LogP contribution is 2.06. The average Bonchev–Trinajstić information content (AvgIpc) is 2.65. The van der Waals surface area contributed by atoms with Crippen LogP contribution in [0.15, 0.2) is 16.9 Å². The summed E-state index contributed by atoms with van der Waals surface area (Å²) in [7, 11) is 0. The molecule has 2 heterocycles. The van der Waals surface area contributed by atoms with E-state index in [1.165, 1.54) is 0 Å². The highest BCUT2D eigenvalue weighted by molar-refractivity contribution is 9.10. The van der Waals surface area contributed by atoms with Crippen LogP contribution in [0.3, 0.4) is 0 Å². The minimum atomic E-state index is 0.0179. The van der Waals surface area contributed by atoms with Crippen LogP contribution in [0.25, 0.3) is 0 Å². The largest absolute Gasteiger partial charge is 0.350 e. The summed E-state index contributed by atoms with van der Waals surface area (Å²) in [6.45, 7) is 2.20. The fourth-order valence-corrected chi connectivity index (χ4v) is 2.15. The van der Waals surface area contributed by atoms with Gasteiger partial charge in [-0.3, -0.25) is 9.48 Å². The molecule has 88 valence electrons. The van der Waals surface area contributed by atoms with E-state index >= 15 is 0 Å². The van der Waals surface area contributed by atoms with Gasteiger partial charge in [-0.15, -0.1) is 0 Å². The van der Waals surface area contributed by atoms with Crippen LogP contribution in [0.5, 0.6) is 0 Å². The van der Waals surface area contributed by atoms with E-state index in [0.29, 0.717) is 0 Å². The lowest BCUT2D eigenvalue weighted by atomic mass is 10.1. The topological polar surface area (TPSA) is 59.0 Å². The van der Waals surface area contributed by atoms with E-state index in [0.717, 1.165) is 30.4 Å². The Morgan fingerprint density at radius 3 is 3.25 bits per heavy atom. The minimum Gasteiger partial charge on any atom is -0.350 e. The van der Waals surface area contributed by atoms with E-state index < -0.39 is 0 Å². The molecular formula is C10H15BrN4O. The molecule has 1 saturated heterocycles. The number of nitrogens with one attached hydrogen (secondary N) is 2. The van der Waals surface area contributed by atoms with Crippen LogP contribution in [-0.2, 0) is 11.3 Å². The molecule has 6 heteroatoms. The van der Waals surface area contributed by atoms with Gasteiger partial charge in [0.25, 0.3) is 0 Å². The summed E-state index contributed by atoms with van der Waals surface area (Å²) in [5, 5.41) is 10.3. The van der Waals surface area contributed by atoms with E-state index in [-0.39, 0.29) is 18.5 Å². The fraction of sp³-hybridized carbons (Fsp3) is 0.600. The van der Waals surface area contributed by atoms with E-state index in [4.69, 9.17) is 0 Å². The zero-order valence-electron chi connectivity index (χ0n) is 8.95. The predicted octanol–water partition coefficient (Wildman–Crippen LogP) is 0.514. The average molecular weight is 287 g/mol. The second-order valence-electron chi connectivity index (χ2n) is 3.97. The molecule has 2 rings (SSSR count). The maximum Gasteiger partial charge on any atom is 0.241 e. The molecule has 0 bridgehead atoms. The van der Waals surface area contributed by atoms with Gasteiger partial charge in [0.1, 0.15) is 6.54 Å². The Bertz CT molecular complexity index is 359. The van der Waals surface area contributed by atoms with Crippen molar-refractivity contribution in [1.29, 1.82) is 0 Å². The molecular weight excluding hydrogens is 272 g/mol. The number of piperidine rings is 1. The molecule has 1 aromatic heterocycles. The van der Waals surface area contributed by atoms with Crippen LogP contribution in [0.2, 0.25) is 0 Å². The van der Waals surface area contributed by atoms with Crippen LogP contribution >= 0.6 is 15.9 Å². The molecule has 1 fully saturated rings. The number of carbonyl (C=O) groups is 1. The highest BCUT2D eigenvalue weighted by Gasteiger charge is 2.15. The molecule has 16 heavy (non-hydrogen) atoms. The summed E-state index contributed by atoms with van der Waals surface area (Å²) in [5.74, 6) is 0.0179. The van der Waals surface area contributed by atoms with E-state index in [2.05, 4.69) is 31.7 Å². The highest BCUT2D eigenvalue weighted by atomic mass is 79.9. The summed E-state index contributed by atoms with van der Waals surface area (Å²) in [5.41, 5.74) is 0. The molecule has 5 nitrogen and oxygen atoms in total. The standard InChI is InChI=1S/C10H15BrN4O/c11-8-4-13-15(6-8)7-10(16)14-9-2-1-3-12-5-9/h4,6,9,12H,1-3,5,7H2,(H,14,16)/t9-/m0/s1. The first-order valence-electron chi connectivity index (χ1n) is 5.42. The van der Waals surface area contributed by atoms with E-state index in [1.807, 2.05) is 0 Å². The van der Waals surface area contributed by atoms with Crippen molar-refractivity contribution in [1.82, 2.24) is 20.4 Å². The van der Waals surface area contributed by atoms with Gasteiger partial charge in [-0.05, 0) is 35.3 Å². The van der Waals surface area contributed by atoms with Crippen molar-refractivity contribution in [3.63, 3.8) is 0 Å². The van der Waals surface area contributed by atoms with Crippen LogP contribution in [0.4, 0.5) is 0 Å². The number of halogens is 1. The smallest absolute Gasteiger partial charge is 0.241 e. The molecule has 0 aromatic carbocycles. The molecule has 1 aliphatic heterocycles. The van der Waals surface area contributed by atoms with Crippen molar-refractivity contribution in [2.75, 3.05) is 13.1 Å². The van der Waals surface area contributed by atoms with Gasteiger partial charge in [-0.1, -0.05) is 0 Å². The summed E-state index contributed by atoms with van der Waals surface area (Å²) < 4.78 is 2.51. The summed E-state index contributed by atoms with van der Waals surface area (Å²) in [6, 6.07) is 0.264. The quantitative estimate of drug-likeness (QED) is 0.852. The third-order valence-corrected chi connectivity index (χ3v) is 2.98. The Morgan fingerprint density at radius 2 is 2.62 bits per heavy atom. The van der Waals surface area contributed by atoms with Crippen molar-refractivity contribution in [2.45, 2.75) is 25.4 Å². The van der Waals surface area contributed by atoms with Crippen LogP contribution in [-0.4, -0.2) is 34.8 Å². The number of hydrogen-bond donors (Lipinski definition) is 2. The zero-order chi connectivity index (χ0) is 11.4. The van der Waals surface area contributed by atoms with Gasteiger partial charge in [0, 0.05) is 18.8 Å². The Hall–Kier alpha value is -0.880. The number of rotatable bonds is 3. The van der Waals surface area contributed by atoms with Crippen molar-refractivity contribution in [3.8, 4) is 0 Å². The van der Waals surface area contributed by atoms with Crippen LogP contribution < -0.4 is 10.6 Å². The summed E-state index contributed by atoms with van der Waals surface area (Å²) in [6.07, 6.45) is 5.65.